The van der Waals surface area contributed by atoms with Crippen LogP contribution in [0.1, 0.15) is 28.7 Å². The summed E-state index contributed by atoms with van der Waals surface area (Å²) in [4.78, 5) is 11.4. The average molecular weight is 262 g/mol. The molecule has 0 aliphatic rings. The van der Waals surface area contributed by atoms with E-state index in [0.717, 1.165) is 10.9 Å². The van der Waals surface area contributed by atoms with Gasteiger partial charge in [-0.1, -0.05) is 21.1 Å². The molecule has 4 nitrogen and oxygen atoms in total. The predicted molar refractivity (Wildman–Crippen MR) is 54.7 cm³/mol. The molecule has 78 valence electrons. The fourth-order valence-corrected chi connectivity index (χ4v) is 1.54. The first kappa shape index (κ1) is 11.2. The molecule has 0 spiro atoms. The maximum atomic E-state index is 11.4. The number of carbonyl (C=O) groups excluding carboxylic acids is 1. The van der Waals surface area contributed by atoms with E-state index in [4.69, 9.17) is 9.26 Å². The smallest absolute Gasteiger partial charge is 0.360 e. The fraction of sp³-hybridized carbons (Fsp3) is 0.556. The highest BCUT2D eigenvalue weighted by atomic mass is 79.9. The second-order valence-electron chi connectivity index (χ2n) is 2.73. The Labute approximate surface area is 90.7 Å². The largest absolute Gasteiger partial charge is 0.461 e. The molecule has 0 fully saturated rings. The van der Waals surface area contributed by atoms with Gasteiger partial charge >= 0.3 is 5.97 Å². The molecule has 0 aliphatic carbocycles. The zero-order valence-corrected chi connectivity index (χ0v) is 9.76. The van der Waals surface area contributed by atoms with Gasteiger partial charge in [-0.3, -0.25) is 0 Å². The van der Waals surface area contributed by atoms with E-state index in [1.807, 2.05) is 0 Å². The fourth-order valence-electron chi connectivity index (χ4n) is 1.14. The number of ether oxygens (including phenoxy) is 1. The highest BCUT2D eigenvalue weighted by Crippen LogP contribution is 2.15. The van der Waals surface area contributed by atoms with Crippen molar-refractivity contribution in [2.45, 2.75) is 20.3 Å². The SMILES string of the molecule is CCOC(=O)c1noc(C)c1CCBr. The Morgan fingerprint density at radius 2 is 2.36 bits per heavy atom. The third kappa shape index (κ3) is 2.35. The summed E-state index contributed by atoms with van der Waals surface area (Å²) in [7, 11) is 0. The lowest BCUT2D eigenvalue weighted by atomic mass is 10.1. The first-order valence-electron chi connectivity index (χ1n) is 4.39. The van der Waals surface area contributed by atoms with Crippen LogP contribution in [0.25, 0.3) is 0 Å². The first-order valence-corrected chi connectivity index (χ1v) is 5.51. The van der Waals surface area contributed by atoms with E-state index in [1.54, 1.807) is 13.8 Å². The van der Waals surface area contributed by atoms with Crippen molar-refractivity contribution in [2.24, 2.45) is 0 Å². The van der Waals surface area contributed by atoms with Crippen LogP contribution in [0.4, 0.5) is 0 Å². The molecular weight excluding hydrogens is 250 g/mol. The molecule has 0 aliphatic heterocycles. The molecule has 0 saturated heterocycles. The number of hydrogen-bond acceptors (Lipinski definition) is 4. The molecule has 0 radical (unpaired) electrons. The van der Waals surface area contributed by atoms with E-state index in [2.05, 4.69) is 21.1 Å². The Bertz CT molecular complexity index is 322. The maximum Gasteiger partial charge on any atom is 0.360 e. The molecule has 0 aromatic carbocycles. The Morgan fingerprint density at radius 1 is 1.64 bits per heavy atom. The third-order valence-corrected chi connectivity index (χ3v) is 2.19. The van der Waals surface area contributed by atoms with E-state index in [-0.39, 0.29) is 0 Å². The first-order chi connectivity index (χ1) is 6.70. The Kier molecular flexibility index (Phi) is 4.13. The average Bonchev–Trinajstić information content (AvgIpc) is 2.50. The van der Waals surface area contributed by atoms with Gasteiger partial charge in [0.2, 0.25) is 0 Å². The van der Waals surface area contributed by atoms with Gasteiger partial charge in [-0.25, -0.2) is 4.79 Å². The van der Waals surface area contributed by atoms with Crippen LogP contribution in [0.2, 0.25) is 0 Å². The number of alkyl halides is 1. The van der Waals surface area contributed by atoms with Gasteiger partial charge in [0.25, 0.3) is 0 Å². The van der Waals surface area contributed by atoms with Crippen molar-refractivity contribution >= 4 is 21.9 Å². The van der Waals surface area contributed by atoms with Crippen molar-refractivity contribution < 1.29 is 14.1 Å². The normalized spacial score (nSPS) is 10.2. The zero-order valence-electron chi connectivity index (χ0n) is 8.17. The molecule has 1 aromatic rings. The molecule has 1 aromatic heterocycles. The van der Waals surface area contributed by atoms with Crippen LogP contribution in [0.5, 0.6) is 0 Å². The van der Waals surface area contributed by atoms with E-state index in [1.165, 1.54) is 0 Å². The summed E-state index contributed by atoms with van der Waals surface area (Å²) in [5, 5.41) is 4.45. The minimum atomic E-state index is -0.416. The lowest BCUT2D eigenvalue weighted by Gasteiger charge is -1.99. The number of nitrogens with zero attached hydrogens (tertiary/aromatic N) is 1. The van der Waals surface area contributed by atoms with E-state index >= 15 is 0 Å². The second kappa shape index (κ2) is 5.14. The Hall–Kier alpha value is -0.840. The Balaban J connectivity index is 2.90. The van der Waals surface area contributed by atoms with Crippen LogP contribution in [0, 0.1) is 6.92 Å². The van der Waals surface area contributed by atoms with Gasteiger partial charge in [-0.2, -0.15) is 0 Å². The van der Waals surface area contributed by atoms with Gasteiger partial charge in [0, 0.05) is 10.9 Å². The summed E-state index contributed by atoms with van der Waals surface area (Å²) in [5.41, 5.74) is 1.11. The minimum absolute atomic E-state index is 0.295. The van der Waals surface area contributed by atoms with Crippen molar-refractivity contribution in [3.05, 3.63) is 17.0 Å². The van der Waals surface area contributed by atoms with Crippen molar-refractivity contribution in [3.8, 4) is 0 Å². The molecule has 0 unspecified atom stereocenters. The van der Waals surface area contributed by atoms with Crippen LogP contribution in [0.15, 0.2) is 4.52 Å². The second-order valence-corrected chi connectivity index (χ2v) is 3.52. The molecule has 0 saturated carbocycles. The van der Waals surface area contributed by atoms with Gasteiger partial charge in [0.05, 0.1) is 6.61 Å². The van der Waals surface area contributed by atoms with Crippen molar-refractivity contribution in [2.75, 3.05) is 11.9 Å². The number of aromatic nitrogens is 1. The molecule has 1 rings (SSSR count). The standard InChI is InChI=1S/C9H12BrNO3/c1-3-13-9(12)8-7(4-5-10)6(2)14-11-8/h3-5H2,1-2H3. The van der Waals surface area contributed by atoms with E-state index in [9.17, 15) is 4.79 Å². The van der Waals surface area contributed by atoms with Gasteiger partial charge in [0.15, 0.2) is 5.69 Å². The number of halogens is 1. The molecule has 0 amide bonds. The summed E-state index contributed by atoms with van der Waals surface area (Å²) < 4.78 is 9.80. The number of esters is 1. The summed E-state index contributed by atoms with van der Waals surface area (Å²) in [5.74, 6) is 0.257. The molecule has 14 heavy (non-hydrogen) atoms. The predicted octanol–water partition coefficient (Wildman–Crippen LogP) is 2.10. The number of hydrogen-bond donors (Lipinski definition) is 0. The minimum Gasteiger partial charge on any atom is -0.461 e. The highest BCUT2D eigenvalue weighted by Gasteiger charge is 2.19. The van der Waals surface area contributed by atoms with Crippen molar-refractivity contribution in [1.29, 1.82) is 0 Å². The van der Waals surface area contributed by atoms with Gasteiger partial charge < -0.3 is 9.26 Å². The summed E-state index contributed by atoms with van der Waals surface area (Å²) in [6.45, 7) is 3.89. The lowest BCUT2D eigenvalue weighted by Crippen LogP contribution is -2.08. The Morgan fingerprint density at radius 3 is 2.93 bits per heavy atom. The quantitative estimate of drug-likeness (QED) is 0.616. The number of aryl methyl sites for hydroxylation is 1. The van der Waals surface area contributed by atoms with Crippen LogP contribution < -0.4 is 0 Å². The number of rotatable bonds is 4. The lowest BCUT2D eigenvalue weighted by molar-refractivity contribution is 0.0513. The van der Waals surface area contributed by atoms with Crippen LogP contribution in [0.3, 0.4) is 0 Å². The summed E-state index contributed by atoms with van der Waals surface area (Å²) in [6.07, 6.45) is 0.712. The van der Waals surface area contributed by atoms with Crippen LogP contribution >= 0.6 is 15.9 Å². The topological polar surface area (TPSA) is 52.3 Å². The van der Waals surface area contributed by atoms with E-state index < -0.39 is 5.97 Å². The zero-order chi connectivity index (χ0) is 10.6. The monoisotopic (exact) mass is 261 g/mol. The summed E-state index contributed by atoms with van der Waals surface area (Å²) >= 11 is 3.31. The van der Waals surface area contributed by atoms with Crippen LogP contribution in [-0.2, 0) is 11.2 Å². The molecule has 5 heteroatoms. The van der Waals surface area contributed by atoms with E-state index in [0.29, 0.717) is 24.5 Å². The molecule has 0 atom stereocenters. The number of carbonyl (C=O) groups is 1. The van der Waals surface area contributed by atoms with Crippen molar-refractivity contribution in [1.82, 2.24) is 5.16 Å². The summed E-state index contributed by atoms with van der Waals surface area (Å²) in [6, 6.07) is 0. The molecule has 0 bridgehead atoms. The molecule has 0 N–H and O–H groups in total. The van der Waals surface area contributed by atoms with Gasteiger partial charge in [0.1, 0.15) is 5.76 Å². The molecule has 1 heterocycles. The van der Waals surface area contributed by atoms with Gasteiger partial charge in [-0.15, -0.1) is 0 Å². The maximum absolute atomic E-state index is 11.4. The third-order valence-electron chi connectivity index (χ3n) is 1.80. The highest BCUT2D eigenvalue weighted by molar-refractivity contribution is 9.09. The van der Waals surface area contributed by atoms with Crippen molar-refractivity contribution in [3.63, 3.8) is 0 Å². The van der Waals surface area contributed by atoms with Crippen LogP contribution in [-0.4, -0.2) is 23.1 Å². The molecular formula is C9H12BrNO3. The van der Waals surface area contributed by atoms with Gasteiger partial charge in [-0.05, 0) is 20.3 Å².